The molecule has 0 fully saturated rings. The monoisotopic (exact) mass is 311 g/mol. The van der Waals surface area contributed by atoms with Gasteiger partial charge in [0.05, 0.1) is 12.8 Å². The molecule has 7 heteroatoms. The van der Waals surface area contributed by atoms with Gasteiger partial charge in [-0.25, -0.2) is 4.98 Å². The summed E-state index contributed by atoms with van der Waals surface area (Å²) in [6, 6.07) is 7.39. The molecular weight excluding hydrogens is 294 g/mol. The Kier molecular flexibility index (Phi) is 4.46. The average Bonchev–Trinajstić information content (AvgIpc) is 3.08. The Balaban J connectivity index is 1.67. The molecule has 7 nitrogen and oxygen atoms in total. The molecule has 0 unspecified atom stereocenters. The van der Waals surface area contributed by atoms with Crippen molar-refractivity contribution in [1.29, 1.82) is 0 Å². The standard InChI is InChI=1S/C16H17N5O2/c1-23-14-7-6-13(12-4-2-8-18-16(12)14)20-15(22)5-3-9-21-11-17-10-19-21/h2,4,6-8,10-11H,3,5,9H2,1H3,(H,20,22). The van der Waals surface area contributed by atoms with Crippen molar-refractivity contribution in [3.63, 3.8) is 0 Å². The molecule has 0 radical (unpaired) electrons. The number of aromatic nitrogens is 4. The van der Waals surface area contributed by atoms with E-state index in [9.17, 15) is 4.79 Å². The number of amides is 1. The lowest BCUT2D eigenvalue weighted by molar-refractivity contribution is -0.116. The first-order valence-corrected chi connectivity index (χ1v) is 7.32. The molecule has 0 aliphatic carbocycles. The molecule has 0 saturated heterocycles. The highest BCUT2D eigenvalue weighted by atomic mass is 16.5. The van der Waals surface area contributed by atoms with E-state index in [1.807, 2.05) is 18.2 Å². The van der Waals surface area contributed by atoms with Crippen molar-refractivity contribution in [1.82, 2.24) is 19.7 Å². The maximum absolute atomic E-state index is 12.1. The number of carbonyl (C=O) groups excluding carboxylic acids is 1. The summed E-state index contributed by atoms with van der Waals surface area (Å²) in [7, 11) is 1.60. The van der Waals surface area contributed by atoms with Crippen LogP contribution in [0.1, 0.15) is 12.8 Å². The van der Waals surface area contributed by atoms with Crippen LogP contribution in [0.4, 0.5) is 5.69 Å². The minimum Gasteiger partial charge on any atom is -0.494 e. The predicted octanol–water partition coefficient (Wildman–Crippen LogP) is 2.25. The Labute approximate surface area is 133 Å². The second kappa shape index (κ2) is 6.87. The van der Waals surface area contributed by atoms with E-state index in [1.165, 1.54) is 6.33 Å². The number of nitrogens with one attached hydrogen (secondary N) is 1. The molecule has 3 aromatic rings. The summed E-state index contributed by atoms with van der Waals surface area (Å²) < 4.78 is 7.01. The van der Waals surface area contributed by atoms with Gasteiger partial charge >= 0.3 is 0 Å². The van der Waals surface area contributed by atoms with Gasteiger partial charge in [0.1, 0.15) is 23.9 Å². The van der Waals surface area contributed by atoms with E-state index in [0.717, 1.165) is 16.6 Å². The molecule has 2 aromatic heterocycles. The van der Waals surface area contributed by atoms with Crippen LogP contribution in [0.5, 0.6) is 5.75 Å². The lowest BCUT2D eigenvalue weighted by Crippen LogP contribution is -2.13. The van der Waals surface area contributed by atoms with Crippen LogP contribution < -0.4 is 10.1 Å². The molecule has 1 aromatic carbocycles. The van der Waals surface area contributed by atoms with Gasteiger partial charge in [-0.2, -0.15) is 5.10 Å². The third kappa shape index (κ3) is 3.45. The van der Waals surface area contributed by atoms with E-state index in [-0.39, 0.29) is 5.91 Å². The van der Waals surface area contributed by atoms with Gasteiger partial charge in [-0.1, -0.05) is 0 Å². The zero-order valence-corrected chi connectivity index (χ0v) is 12.8. The van der Waals surface area contributed by atoms with Crippen LogP contribution in [0.2, 0.25) is 0 Å². The number of rotatable bonds is 6. The molecule has 1 N–H and O–H groups in total. The van der Waals surface area contributed by atoms with Crippen molar-refractivity contribution in [2.45, 2.75) is 19.4 Å². The largest absolute Gasteiger partial charge is 0.494 e. The SMILES string of the molecule is COc1ccc(NC(=O)CCCn2cncn2)c2cccnc12. The highest BCUT2D eigenvalue weighted by molar-refractivity contribution is 6.02. The zero-order chi connectivity index (χ0) is 16.1. The number of aryl methyl sites for hydroxylation is 1. The van der Waals surface area contributed by atoms with Gasteiger partial charge in [0.2, 0.25) is 5.91 Å². The maximum atomic E-state index is 12.1. The average molecular weight is 311 g/mol. The summed E-state index contributed by atoms with van der Waals surface area (Å²) in [5.41, 5.74) is 1.47. The Morgan fingerprint density at radius 1 is 1.35 bits per heavy atom. The first-order chi connectivity index (χ1) is 11.3. The van der Waals surface area contributed by atoms with Crippen LogP contribution in [-0.2, 0) is 11.3 Å². The number of hydrogen-bond donors (Lipinski definition) is 1. The molecule has 23 heavy (non-hydrogen) atoms. The van der Waals surface area contributed by atoms with Gasteiger partial charge in [0.25, 0.3) is 0 Å². The van der Waals surface area contributed by atoms with Crippen LogP contribution in [0.15, 0.2) is 43.1 Å². The number of methoxy groups -OCH3 is 1. The van der Waals surface area contributed by atoms with Crippen molar-refractivity contribution in [2.75, 3.05) is 12.4 Å². The maximum Gasteiger partial charge on any atom is 0.224 e. The summed E-state index contributed by atoms with van der Waals surface area (Å²) in [4.78, 5) is 20.3. The van der Waals surface area contributed by atoms with Gasteiger partial charge in [-0.05, 0) is 30.7 Å². The number of fused-ring (bicyclic) bond motifs is 1. The Morgan fingerprint density at radius 3 is 3.04 bits per heavy atom. The first-order valence-electron chi connectivity index (χ1n) is 7.32. The van der Waals surface area contributed by atoms with E-state index >= 15 is 0 Å². The van der Waals surface area contributed by atoms with Crippen LogP contribution in [0, 0.1) is 0 Å². The fraction of sp³-hybridized carbons (Fsp3) is 0.250. The Hall–Kier alpha value is -2.96. The van der Waals surface area contributed by atoms with Crippen molar-refractivity contribution in [3.05, 3.63) is 43.1 Å². The van der Waals surface area contributed by atoms with E-state index in [1.54, 1.807) is 30.4 Å². The Morgan fingerprint density at radius 2 is 2.26 bits per heavy atom. The molecular formula is C16H17N5O2. The fourth-order valence-electron chi connectivity index (χ4n) is 2.38. The number of nitrogens with zero attached hydrogens (tertiary/aromatic N) is 4. The molecule has 0 atom stereocenters. The predicted molar refractivity (Wildman–Crippen MR) is 86.2 cm³/mol. The number of pyridine rings is 1. The number of anilines is 1. The number of carbonyl (C=O) groups is 1. The molecule has 118 valence electrons. The molecule has 0 aliphatic heterocycles. The Bertz CT molecular complexity index is 801. The second-order valence-corrected chi connectivity index (χ2v) is 5.03. The molecule has 2 heterocycles. The van der Waals surface area contributed by atoms with Gasteiger partial charge in [0, 0.05) is 24.5 Å². The van der Waals surface area contributed by atoms with Crippen molar-refractivity contribution < 1.29 is 9.53 Å². The number of ether oxygens (including phenoxy) is 1. The molecule has 3 rings (SSSR count). The van der Waals surface area contributed by atoms with Gasteiger partial charge in [-0.3, -0.25) is 14.5 Å². The normalized spacial score (nSPS) is 10.7. The molecule has 1 amide bonds. The lowest BCUT2D eigenvalue weighted by atomic mass is 10.1. The zero-order valence-electron chi connectivity index (χ0n) is 12.8. The van der Waals surface area contributed by atoms with E-state index in [4.69, 9.17) is 4.74 Å². The van der Waals surface area contributed by atoms with Gasteiger partial charge in [0.15, 0.2) is 0 Å². The molecule has 0 aliphatic rings. The first kappa shape index (κ1) is 15.0. The van der Waals surface area contributed by atoms with Crippen molar-refractivity contribution in [2.24, 2.45) is 0 Å². The van der Waals surface area contributed by atoms with Crippen LogP contribution in [0.3, 0.4) is 0 Å². The summed E-state index contributed by atoms with van der Waals surface area (Å²) in [5.74, 6) is 0.644. The third-order valence-electron chi connectivity index (χ3n) is 3.48. The summed E-state index contributed by atoms with van der Waals surface area (Å²) in [6.07, 6.45) is 5.93. The van der Waals surface area contributed by atoms with Gasteiger partial charge in [-0.15, -0.1) is 0 Å². The van der Waals surface area contributed by atoms with Crippen LogP contribution >= 0.6 is 0 Å². The minimum atomic E-state index is -0.0413. The summed E-state index contributed by atoms with van der Waals surface area (Å²) in [6.45, 7) is 0.665. The van der Waals surface area contributed by atoms with E-state index in [2.05, 4.69) is 20.4 Å². The fourth-order valence-corrected chi connectivity index (χ4v) is 2.38. The molecule has 0 bridgehead atoms. The quantitative estimate of drug-likeness (QED) is 0.755. The van der Waals surface area contributed by atoms with Crippen molar-refractivity contribution in [3.8, 4) is 5.75 Å². The summed E-state index contributed by atoms with van der Waals surface area (Å²) >= 11 is 0. The topological polar surface area (TPSA) is 81.9 Å². The minimum absolute atomic E-state index is 0.0413. The second-order valence-electron chi connectivity index (χ2n) is 5.03. The summed E-state index contributed by atoms with van der Waals surface area (Å²) in [5, 5.41) is 7.80. The molecule has 0 spiro atoms. The highest BCUT2D eigenvalue weighted by Gasteiger charge is 2.10. The van der Waals surface area contributed by atoms with E-state index < -0.39 is 0 Å². The van der Waals surface area contributed by atoms with E-state index in [0.29, 0.717) is 25.1 Å². The van der Waals surface area contributed by atoms with Crippen molar-refractivity contribution >= 4 is 22.5 Å². The molecule has 0 saturated carbocycles. The number of benzene rings is 1. The smallest absolute Gasteiger partial charge is 0.224 e. The number of hydrogen-bond acceptors (Lipinski definition) is 5. The van der Waals surface area contributed by atoms with Crippen LogP contribution in [-0.4, -0.2) is 32.8 Å². The van der Waals surface area contributed by atoms with Crippen LogP contribution in [0.25, 0.3) is 10.9 Å². The highest BCUT2D eigenvalue weighted by Crippen LogP contribution is 2.29. The third-order valence-corrected chi connectivity index (χ3v) is 3.48. The van der Waals surface area contributed by atoms with Gasteiger partial charge < -0.3 is 10.1 Å². The lowest BCUT2D eigenvalue weighted by Gasteiger charge is -2.11.